The van der Waals surface area contributed by atoms with Crippen LogP contribution in [0.5, 0.6) is 0 Å². The first-order valence-electron chi connectivity index (χ1n) is 5.53. The van der Waals surface area contributed by atoms with Crippen molar-refractivity contribution in [2.75, 3.05) is 13.2 Å². The summed E-state index contributed by atoms with van der Waals surface area (Å²) in [5.41, 5.74) is -0.238. The second kappa shape index (κ2) is 4.10. The molecule has 0 aliphatic carbocycles. The van der Waals surface area contributed by atoms with E-state index in [1.54, 1.807) is 0 Å². The third-order valence-corrected chi connectivity index (χ3v) is 2.94. The molecule has 86 valence electrons. The molecule has 0 radical (unpaired) electrons. The van der Waals surface area contributed by atoms with Gasteiger partial charge in [0.25, 0.3) is 0 Å². The molecule has 2 atom stereocenters. The van der Waals surface area contributed by atoms with E-state index < -0.39 is 6.10 Å². The topological polar surface area (TPSA) is 44.8 Å². The number of esters is 1. The first-order chi connectivity index (χ1) is 7.09. The fourth-order valence-corrected chi connectivity index (χ4v) is 1.94. The van der Waals surface area contributed by atoms with Gasteiger partial charge >= 0.3 is 5.97 Å². The summed E-state index contributed by atoms with van der Waals surface area (Å²) in [6, 6.07) is 0. The molecule has 2 unspecified atom stereocenters. The minimum atomic E-state index is -0.472. The summed E-state index contributed by atoms with van der Waals surface area (Å²) in [6.45, 7) is 5.12. The van der Waals surface area contributed by atoms with Gasteiger partial charge in [-0.05, 0) is 19.3 Å². The van der Waals surface area contributed by atoms with Crippen LogP contribution < -0.4 is 0 Å². The highest BCUT2D eigenvalue weighted by molar-refractivity contribution is 5.77. The number of hydrogen-bond acceptors (Lipinski definition) is 4. The summed E-state index contributed by atoms with van der Waals surface area (Å²) < 4.78 is 16.1. The van der Waals surface area contributed by atoms with E-state index in [0.29, 0.717) is 6.61 Å². The normalized spacial score (nSPS) is 35.2. The zero-order valence-electron chi connectivity index (χ0n) is 9.32. The number of carbonyl (C=O) groups is 1. The number of hydrogen-bond donors (Lipinski definition) is 0. The molecular formula is C11H18O4. The van der Waals surface area contributed by atoms with E-state index in [4.69, 9.17) is 14.2 Å². The van der Waals surface area contributed by atoms with E-state index >= 15 is 0 Å². The highest BCUT2D eigenvalue weighted by atomic mass is 16.7. The average Bonchev–Trinajstić information content (AvgIpc) is 2.47. The van der Waals surface area contributed by atoms with Gasteiger partial charge in [0.15, 0.2) is 12.4 Å². The minimum absolute atomic E-state index is 0.228. The average molecular weight is 214 g/mol. The molecule has 2 aliphatic heterocycles. The molecule has 2 saturated heterocycles. The van der Waals surface area contributed by atoms with Gasteiger partial charge in [-0.2, -0.15) is 0 Å². The largest absolute Gasteiger partial charge is 0.463 e. The number of cyclic esters (lactones) is 1. The van der Waals surface area contributed by atoms with Crippen LogP contribution in [0.3, 0.4) is 0 Å². The van der Waals surface area contributed by atoms with Crippen LogP contribution in [-0.2, 0) is 19.0 Å². The SMILES string of the molecule is CC1(C)COC(=O)C1OC1CCCCO1. The molecule has 2 rings (SSSR count). The van der Waals surface area contributed by atoms with Crippen LogP contribution in [0, 0.1) is 5.41 Å². The Hall–Kier alpha value is -0.610. The Kier molecular flexibility index (Phi) is 2.98. The molecular weight excluding hydrogens is 196 g/mol. The van der Waals surface area contributed by atoms with Crippen molar-refractivity contribution in [1.29, 1.82) is 0 Å². The van der Waals surface area contributed by atoms with Crippen LogP contribution in [0.15, 0.2) is 0 Å². The van der Waals surface area contributed by atoms with E-state index in [1.807, 2.05) is 13.8 Å². The summed E-state index contributed by atoms with van der Waals surface area (Å²) in [6.07, 6.45) is 2.36. The van der Waals surface area contributed by atoms with Crippen LogP contribution >= 0.6 is 0 Å². The summed E-state index contributed by atoms with van der Waals surface area (Å²) >= 11 is 0. The maximum absolute atomic E-state index is 11.5. The van der Waals surface area contributed by atoms with Gasteiger partial charge in [-0.15, -0.1) is 0 Å². The zero-order chi connectivity index (χ0) is 10.9. The molecule has 0 aromatic heterocycles. The maximum Gasteiger partial charge on any atom is 0.336 e. The monoisotopic (exact) mass is 214 g/mol. The van der Waals surface area contributed by atoms with Gasteiger partial charge in [-0.1, -0.05) is 13.8 Å². The predicted molar refractivity (Wildman–Crippen MR) is 53.2 cm³/mol. The van der Waals surface area contributed by atoms with Crippen molar-refractivity contribution in [3.63, 3.8) is 0 Å². The summed E-state index contributed by atoms with van der Waals surface area (Å²) in [7, 11) is 0. The quantitative estimate of drug-likeness (QED) is 0.653. The van der Waals surface area contributed by atoms with Gasteiger partial charge < -0.3 is 14.2 Å². The Labute approximate surface area is 89.9 Å². The Morgan fingerprint density at radius 1 is 1.40 bits per heavy atom. The molecule has 0 aromatic carbocycles. The first-order valence-corrected chi connectivity index (χ1v) is 5.53. The molecule has 0 spiro atoms. The minimum Gasteiger partial charge on any atom is -0.463 e. The fraction of sp³-hybridized carbons (Fsp3) is 0.909. The van der Waals surface area contributed by atoms with Crippen LogP contribution in [0.25, 0.3) is 0 Å². The summed E-state index contributed by atoms with van der Waals surface area (Å²) in [4.78, 5) is 11.5. The Morgan fingerprint density at radius 3 is 2.73 bits per heavy atom. The molecule has 4 nitrogen and oxygen atoms in total. The molecule has 0 bridgehead atoms. The molecule has 15 heavy (non-hydrogen) atoms. The Morgan fingerprint density at radius 2 is 2.20 bits per heavy atom. The highest BCUT2D eigenvalue weighted by Gasteiger charge is 2.46. The lowest BCUT2D eigenvalue weighted by atomic mass is 9.90. The summed E-state index contributed by atoms with van der Waals surface area (Å²) in [5.74, 6) is -0.255. The smallest absolute Gasteiger partial charge is 0.336 e. The molecule has 0 N–H and O–H groups in total. The van der Waals surface area contributed by atoms with Crippen LogP contribution in [0.1, 0.15) is 33.1 Å². The van der Waals surface area contributed by atoms with E-state index in [0.717, 1.165) is 25.9 Å². The summed E-state index contributed by atoms with van der Waals surface area (Å²) in [5, 5.41) is 0. The lowest BCUT2D eigenvalue weighted by Gasteiger charge is -2.29. The third-order valence-electron chi connectivity index (χ3n) is 2.94. The van der Waals surface area contributed by atoms with Crippen molar-refractivity contribution in [3.05, 3.63) is 0 Å². The fourth-order valence-electron chi connectivity index (χ4n) is 1.94. The van der Waals surface area contributed by atoms with Gasteiger partial charge in [-0.3, -0.25) is 0 Å². The molecule has 0 aromatic rings. The van der Waals surface area contributed by atoms with E-state index in [1.165, 1.54) is 0 Å². The van der Waals surface area contributed by atoms with Crippen molar-refractivity contribution in [1.82, 2.24) is 0 Å². The van der Waals surface area contributed by atoms with E-state index in [9.17, 15) is 4.79 Å². The number of carbonyl (C=O) groups excluding carboxylic acids is 1. The van der Waals surface area contributed by atoms with Gasteiger partial charge in [0.1, 0.15) is 0 Å². The Balaban J connectivity index is 1.94. The van der Waals surface area contributed by atoms with Crippen LogP contribution in [-0.4, -0.2) is 31.6 Å². The van der Waals surface area contributed by atoms with Gasteiger partial charge in [0.05, 0.1) is 6.61 Å². The standard InChI is InChI=1S/C11H18O4/c1-11(2)7-14-10(12)9(11)15-8-5-3-4-6-13-8/h8-9H,3-7H2,1-2H3. The third kappa shape index (κ3) is 2.32. The molecule has 0 saturated carbocycles. The lowest BCUT2D eigenvalue weighted by molar-refractivity contribution is -0.204. The second-order valence-corrected chi connectivity index (χ2v) is 4.91. The molecule has 4 heteroatoms. The van der Waals surface area contributed by atoms with Gasteiger partial charge in [-0.25, -0.2) is 4.79 Å². The van der Waals surface area contributed by atoms with Crippen molar-refractivity contribution >= 4 is 5.97 Å². The number of ether oxygens (including phenoxy) is 3. The lowest BCUT2D eigenvalue weighted by Crippen LogP contribution is -2.38. The molecule has 0 amide bonds. The first kappa shape index (κ1) is 10.9. The van der Waals surface area contributed by atoms with E-state index in [-0.39, 0.29) is 17.7 Å². The zero-order valence-corrected chi connectivity index (χ0v) is 9.32. The van der Waals surface area contributed by atoms with Crippen LogP contribution in [0.2, 0.25) is 0 Å². The predicted octanol–water partition coefficient (Wildman–Crippen LogP) is 1.48. The highest BCUT2D eigenvalue weighted by Crippen LogP contribution is 2.33. The molecule has 2 aliphatic rings. The maximum atomic E-state index is 11.5. The molecule has 2 heterocycles. The van der Waals surface area contributed by atoms with Crippen molar-refractivity contribution in [3.8, 4) is 0 Å². The van der Waals surface area contributed by atoms with Gasteiger partial charge in [0.2, 0.25) is 0 Å². The van der Waals surface area contributed by atoms with Crippen molar-refractivity contribution in [2.45, 2.75) is 45.5 Å². The second-order valence-electron chi connectivity index (χ2n) is 4.91. The van der Waals surface area contributed by atoms with Gasteiger partial charge in [0, 0.05) is 12.0 Å². The molecule has 2 fully saturated rings. The van der Waals surface area contributed by atoms with Crippen molar-refractivity contribution < 1.29 is 19.0 Å². The Bertz CT molecular complexity index is 243. The number of rotatable bonds is 2. The van der Waals surface area contributed by atoms with Crippen LogP contribution in [0.4, 0.5) is 0 Å². The van der Waals surface area contributed by atoms with E-state index in [2.05, 4.69) is 0 Å². The van der Waals surface area contributed by atoms with Crippen molar-refractivity contribution in [2.24, 2.45) is 5.41 Å².